The zero-order valence-electron chi connectivity index (χ0n) is 9.47. The number of nitrogens with zero attached hydrogens (tertiary/aromatic N) is 2. The maximum Gasteiger partial charge on any atom is 0.387 e. The quantitative estimate of drug-likeness (QED) is 0.785. The van der Waals surface area contributed by atoms with Crippen LogP contribution in [-0.2, 0) is 5.75 Å². The predicted molar refractivity (Wildman–Crippen MR) is 67.3 cm³/mol. The Morgan fingerprint density at radius 1 is 1.28 bits per heavy atom. The van der Waals surface area contributed by atoms with Crippen LogP contribution in [0.25, 0.3) is 0 Å². The Morgan fingerprint density at radius 3 is 2.56 bits per heavy atom. The lowest BCUT2D eigenvalue weighted by atomic mass is 10.2. The van der Waals surface area contributed by atoms with E-state index in [1.54, 1.807) is 23.9 Å². The van der Waals surface area contributed by atoms with Gasteiger partial charge in [0, 0.05) is 5.75 Å². The second-order valence-corrected chi connectivity index (χ2v) is 5.80. The van der Waals surface area contributed by atoms with Crippen molar-refractivity contribution in [1.82, 2.24) is 10.2 Å². The van der Waals surface area contributed by atoms with Gasteiger partial charge < -0.3 is 4.74 Å². The van der Waals surface area contributed by atoms with Gasteiger partial charge in [-0.1, -0.05) is 35.2 Å². The van der Waals surface area contributed by atoms with Crippen LogP contribution >= 0.6 is 23.1 Å². The molecule has 0 aliphatic heterocycles. The van der Waals surface area contributed by atoms with Crippen molar-refractivity contribution in [2.75, 3.05) is 0 Å². The van der Waals surface area contributed by atoms with E-state index >= 15 is 0 Å². The second kappa shape index (κ2) is 6.10. The molecular weight excluding hydrogens is 278 g/mol. The zero-order valence-corrected chi connectivity index (χ0v) is 11.1. The van der Waals surface area contributed by atoms with E-state index < -0.39 is 6.61 Å². The average molecular weight is 288 g/mol. The van der Waals surface area contributed by atoms with Gasteiger partial charge in [-0.05, 0) is 24.6 Å². The Labute approximate surface area is 111 Å². The molecule has 0 saturated carbocycles. The largest absolute Gasteiger partial charge is 0.435 e. The molecule has 0 N–H and O–H groups in total. The topological polar surface area (TPSA) is 35.0 Å². The van der Waals surface area contributed by atoms with Gasteiger partial charge in [0.2, 0.25) is 0 Å². The Kier molecular flexibility index (Phi) is 4.48. The molecule has 7 heteroatoms. The summed E-state index contributed by atoms with van der Waals surface area (Å²) in [7, 11) is 0. The van der Waals surface area contributed by atoms with E-state index in [1.807, 2.05) is 6.92 Å². The molecule has 2 rings (SSSR count). The normalized spacial score (nSPS) is 10.9. The van der Waals surface area contributed by atoms with Crippen LogP contribution in [-0.4, -0.2) is 16.8 Å². The number of hydrogen-bond donors (Lipinski definition) is 0. The maximum atomic E-state index is 12.0. The first-order valence-electron chi connectivity index (χ1n) is 5.10. The first kappa shape index (κ1) is 13.2. The number of benzene rings is 1. The fraction of sp³-hybridized carbons (Fsp3) is 0.273. The average Bonchev–Trinajstić information content (AvgIpc) is 2.74. The fourth-order valence-electron chi connectivity index (χ4n) is 1.25. The highest BCUT2D eigenvalue weighted by Gasteiger charge is 2.05. The van der Waals surface area contributed by atoms with Gasteiger partial charge in [0.05, 0.1) is 0 Å². The number of hydrogen-bond acceptors (Lipinski definition) is 5. The number of alkyl halides is 2. The summed E-state index contributed by atoms with van der Waals surface area (Å²) in [5, 5.41) is 8.84. The molecule has 96 valence electrons. The monoisotopic (exact) mass is 288 g/mol. The molecule has 18 heavy (non-hydrogen) atoms. The fourth-order valence-corrected chi connectivity index (χ4v) is 3.02. The Hall–Kier alpha value is -1.21. The Bertz CT molecular complexity index is 502. The molecule has 0 saturated heterocycles. The van der Waals surface area contributed by atoms with Crippen LogP contribution in [0.1, 0.15) is 10.6 Å². The van der Waals surface area contributed by atoms with Gasteiger partial charge in [-0.25, -0.2) is 0 Å². The standard InChI is InChI=1S/C11H10F2N2OS2/c1-7-14-15-11(18-7)17-6-8-2-4-9(5-3-8)16-10(12)13/h2-5,10H,6H2,1H3. The third-order valence-corrected chi connectivity index (χ3v) is 4.06. The van der Waals surface area contributed by atoms with Crippen LogP contribution in [0.4, 0.5) is 8.78 Å². The number of aromatic nitrogens is 2. The summed E-state index contributed by atoms with van der Waals surface area (Å²) < 4.78 is 29.1. The minimum absolute atomic E-state index is 0.172. The number of halogens is 2. The van der Waals surface area contributed by atoms with Crippen molar-refractivity contribution >= 4 is 23.1 Å². The molecule has 1 aromatic carbocycles. The van der Waals surface area contributed by atoms with E-state index in [0.29, 0.717) is 0 Å². The first-order chi connectivity index (χ1) is 8.63. The molecule has 0 radical (unpaired) electrons. The molecule has 0 aliphatic carbocycles. The molecule has 0 atom stereocenters. The summed E-state index contributed by atoms with van der Waals surface area (Å²) in [4.78, 5) is 0. The van der Waals surface area contributed by atoms with Crippen molar-refractivity contribution in [2.45, 2.75) is 23.6 Å². The van der Waals surface area contributed by atoms with E-state index in [-0.39, 0.29) is 5.75 Å². The smallest absolute Gasteiger partial charge is 0.387 e. The van der Waals surface area contributed by atoms with Crippen molar-refractivity contribution in [1.29, 1.82) is 0 Å². The van der Waals surface area contributed by atoms with Crippen molar-refractivity contribution in [2.24, 2.45) is 0 Å². The lowest BCUT2D eigenvalue weighted by molar-refractivity contribution is -0.0498. The summed E-state index contributed by atoms with van der Waals surface area (Å²) in [5.41, 5.74) is 1.02. The van der Waals surface area contributed by atoms with Crippen LogP contribution < -0.4 is 4.74 Å². The predicted octanol–water partition coefficient (Wildman–Crippen LogP) is 3.74. The van der Waals surface area contributed by atoms with Crippen molar-refractivity contribution in [3.05, 3.63) is 34.8 Å². The van der Waals surface area contributed by atoms with Gasteiger partial charge >= 0.3 is 6.61 Å². The van der Waals surface area contributed by atoms with Crippen LogP contribution in [0.3, 0.4) is 0 Å². The van der Waals surface area contributed by atoms with Crippen LogP contribution in [0.2, 0.25) is 0 Å². The summed E-state index contributed by atoms with van der Waals surface area (Å²) >= 11 is 3.11. The highest BCUT2D eigenvalue weighted by molar-refractivity contribution is 8.00. The van der Waals surface area contributed by atoms with E-state index in [0.717, 1.165) is 20.7 Å². The molecule has 3 nitrogen and oxygen atoms in total. The number of rotatable bonds is 5. The lowest BCUT2D eigenvalue weighted by Gasteiger charge is -2.04. The van der Waals surface area contributed by atoms with Gasteiger partial charge in [-0.3, -0.25) is 0 Å². The van der Waals surface area contributed by atoms with Crippen LogP contribution in [0, 0.1) is 6.92 Å². The summed E-state index contributed by atoms with van der Waals surface area (Å²) in [6.45, 7) is -0.882. The van der Waals surface area contributed by atoms with Crippen molar-refractivity contribution in [3.8, 4) is 5.75 Å². The van der Waals surface area contributed by atoms with E-state index in [9.17, 15) is 8.78 Å². The third-order valence-electron chi connectivity index (χ3n) is 2.02. The van der Waals surface area contributed by atoms with Gasteiger partial charge in [0.15, 0.2) is 4.34 Å². The van der Waals surface area contributed by atoms with Gasteiger partial charge in [0.1, 0.15) is 10.8 Å². The molecule has 0 unspecified atom stereocenters. The second-order valence-electron chi connectivity index (χ2n) is 3.40. The molecule has 0 bridgehead atoms. The van der Waals surface area contributed by atoms with Crippen molar-refractivity contribution < 1.29 is 13.5 Å². The molecule has 0 amide bonds. The number of aryl methyl sites for hydroxylation is 1. The highest BCUT2D eigenvalue weighted by atomic mass is 32.2. The minimum atomic E-state index is -2.78. The molecule has 0 aliphatic rings. The molecule has 0 spiro atoms. The number of ether oxygens (including phenoxy) is 1. The van der Waals surface area contributed by atoms with Crippen LogP contribution in [0.15, 0.2) is 28.6 Å². The molecule has 1 heterocycles. The van der Waals surface area contributed by atoms with Gasteiger partial charge in [0.25, 0.3) is 0 Å². The zero-order chi connectivity index (χ0) is 13.0. The summed E-state index contributed by atoms with van der Waals surface area (Å²) in [6.07, 6.45) is 0. The van der Waals surface area contributed by atoms with E-state index in [4.69, 9.17) is 0 Å². The van der Waals surface area contributed by atoms with Gasteiger partial charge in [-0.15, -0.1) is 10.2 Å². The van der Waals surface area contributed by atoms with Gasteiger partial charge in [-0.2, -0.15) is 8.78 Å². The Balaban J connectivity index is 1.90. The van der Waals surface area contributed by atoms with E-state index in [2.05, 4.69) is 14.9 Å². The molecule has 0 fully saturated rings. The summed E-state index contributed by atoms with van der Waals surface area (Å²) in [5.74, 6) is 0.898. The SMILES string of the molecule is Cc1nnc(SCc2ccc(OC(F)F)cc2)s1. The summed E-state index contributed by atoms with van der Waals surface area (Å²) in [6, 6.07) is 6.60. The number of thioether (sulfide) groups is 1. The highest BCUT2D eigenvalue weighted by Crippen LogP contribution is 2.26. The molecule has 2 aromatic rings. The maximum absolute atomic E-state index is 12.0. The minimum Gasteiger partial charge on any atom is -0.435 e. The molecular formula is C11H10F2N2OS2. The van der Waals surface area contributed by atoms with Crippen molar-refractivity contribution in [3.63, 3.8) is 0 Å². The first-order valence-corrected chi connectivity index (χ1v) is 6.90. The van der Waals surface area contributed by atoms with E-state index in [1.165, 1.54) is 23.5 Å². The third kappa shape index (κ3) is 3.92. The van der Waals surface area contributed by atoms with Crippen LogP contribution in [0.5, 0.6) is 5.75 Å². The Morgan fingerprint density at radius 2 is 2.00 bits per heavy atom. The lowest BCUT2D eigenvalue weighted by Crippen LogP contribution is -2.01. The molecule has 1 aromatic heterocycles.